The van der Waals surface area contributed by atoms with Gasteiger partial charge in [-0.3, -0.25) is 0 Å². The van der Waals surface area contributed by atoms with Crippen LogP contribution in [0.5, 0.6) is 0 Å². The van der Waals surface area contributed by atoms with E-state index in [0.717, 1.165) is 17.1 Å². The molecule has 84 valence electrons. The Bertz CT molecular complexity index is 459. The average molecular weight is 217 g/mol. The summed E-state index contributed by atoms with van der Waals surface area (Å²) in [7, 11) is 0. The summed E-state index contributed by atoms with van der Waals surface area (Å²) in [4.78, 5) is 4.32. The Morgan fingerprint density at radius 2 is 1.94 bits per heavy atom. The molecule has 2 aromatic rings. The van der Waals surface area contributed by atoms with Gasteiger partial charge in [-0.2, -0.15) is 4.98 Å². The quantitative estimate of drug-likeness (QED) is 0.801. The zero-order valence-electron chi connectivity index (χ0n) is 9.47. The summed E-state index contributed by atoms with van der Waals surface area (Å²) in [5.41, 5.74) is 7.49. The molecule has 4 heteroatoms. The monoisotopic (exact) mass is 217 g/mol. The molecule has 1 heterocycles. The molecule has 0 amide bonds. The first-order valence-electron chi connectivity index (χ1n) is 5.32. The van der Waals surface area contributed by atoms with E-state index in [2.05, 4.69) is 10.1 Å². The van der Waals surface area contributed by atoms with E-state index in [1.54, 1.807) is 0 Å². The molecule has 0 saturated heterocycles. The lowest BCUT2D eigenvalue weighted by molar-refractivity contribution is 0.377. The van der Waals surface area contributed by atoms with Crippen LogP contribution in [0.4, 0.5) is 5.69 Å². The molecular formula is C12H15N3O. The first-order valence-corrected chi connectivity index (χ1v) is 5.32. The van der Waals surface area contributed by atoms with Gasteiger partial charge in [0, 0.05) is 11.6 Å². The molecule has 0 radical (unpaired) electrons. The topological polar surface area (TPSA) is 64.9 Å². The van der Waals surface area contributed by atoms with Gasteiger partial charge in [0.2, 0.25) is 5.89 Å². The van der Waals surface area contributed by atoms with Crippen molar-refractivity contribution < 1.29 is 4.52 Å². The summed E-state index contributed by atoms with van der Waals surface area (Å²) in [6.45, 7) is 4.08. The maximum Gasteiger partial charge on any atom is 0.231 e. The molecular weight excluding hydrogens is 202 g/mol. The number of hydrogen-bond donors (Lipinski definition) is 1. The molecule has 0 spiro atoms. The number of hydrogen-bond acceptors (Lipinski definition) is 4. The minimum absolute atomic E-state index is 0.295. The Hall–Kier alpha value is -1.84. The Labute approximate surface area is 94.5 Å². The standard InChI is InChI=1S/C12H15N3O/c1-8(2)12-14-11(16-15-12)7-9-3-5-10(13)6-4-9/h3-6,8H,7,13H2,1-2H3. The van der Waals surface area contributed by atoms with E-state index in [1.807, 2.05) is 38.1 Å². The molecule has 0 unspecified atom stereocenters. The zero-order chi connectivity index (χ0) is 11.5. The van der Waals surface area contributed by atoms with Gasteiger partial charge < -0.3 is 10.3 Å². The van der Waals surface area contributed by atoms with E-state index < -0.39 is 0 Å². The lowest BCUT2D eigenvalue weighted by atomic mass is 10.1. The van der Waals surface area contributed by atoms with Crippen LogP contribution >= 0.6 is 0 Å². The number of rotatable bonds is 3. The number of nitrogens with two attached hydrogens (primary N) is 1. The van der Waals surface area contributed by atoms with Gasteiger partial charge in [0.15, 0.2) is 5.82 Å². The molecule has 0 atom stereocenters. The number of benzene rings is 1. The second-order valence-electron chi connectivity index (χ2n) is 4.12. The Morgan fingerprint density at radius 3 is 2.50 bits per heavy atom. The number of nitrogens with zero attached hydrogens (tertiary/aromatic N) is 2. The molecule has 0 bridgehead atoms. The second-order valence-corrected chi connectivity index (χ2v) is 4.12. The predicted octanol–water partition coefficient (Wildman–Crippen LogP) is 2.37. The highest BCUT2D eigenvalue weighted by Gasteiger charge is 2.09. The van der Waals surface area contributed by atoms with E-state index in [9.17, 15) is 0 Å². The first kappa shape index (κ1) is 10.7. The van der Waals surface area contributed by atoms with Crippen LogP contribution in [0.2, 0.25) is 0 Å². The smallest absolute Gasteiger partial charge is 0.231 e. The minimum Gasteiger partial charge on any atom is -0.399 e. The number of nitrogen functional groups attached to an aromatic ring is 1. The van der Waals surface area contributed by atoms with Crippen molar-refractivity contribution in [1.82, 2.24) is 10.1 Å². The van der Waals surface area contributed by atoms with Crippen molar-refractivity contribution in [3.05, 3.63) is 41.5 Å². The van der Waals surface area contributed by atoms with Crippen LogP contribution in [0.25, 0.3) is 0 Å². The normalized spacial score (nSPS) is 10.9. The summed E-state index contributed by atoms with van der Waals surface area (Å²) < 4.78 is 5.17. The van der Waals surface area contributed by atoms with Crippen molar-refractivity contribution in [3.63, 3.8) is 0 Å². The average Bonchev–Trinajstić information content (AvgIpc) is 2.70. The van der Waals surface area contributed by atoms with Crippen molar-refractivity contribution in [1.29, 1.82) is 0 Å². The Balaban J connectivity index is 2.11. The molecule has 4 nitrogen and oxygen atoms in total. The maximum atomic E-state index is 5.61. The maximum absolute atomic E-state index is 5.61. The van der Waals surface area contributed by atoms with Crippen molar-refractivity contribution in [2.45, 2.75) is 26.2 Å². The molecule has 0 aliphatic heterocycles. The zero-order valence-corrected chi connectivity index (χ0v) is 9.47. The van der Waals surface area contributed by atoms with Crippen LogP contribution in [-0.4, -0.2) is 10.1 Å². The molecule has 1 aromatic carbocycles. The summed E-state index contributed by atoms with van der Waals surface area (Å²) in [5.74, 6) is 1.70. The van der Waals surface area contributed by atoms with E-state index in [1.165, 1.54) is 0 Å². The third kappa shape index (κ3) is 2.39. The Kier molecular flexibility index (Phi) is 2.90. The van der Waals surface area contributed by atoms with Gasteiger partial charge in [-0.05, 0) is 17.7 Å². The molecule has 0 aliphatic carbocycles. The van der Waals surface area contributed by atoms with Gasteiger partial charge in [-0.25, -0.2) is 0 Å². The van der Waals surface area contributed by atoms with E-state index >= 15 is 0 Å². The molecule has 16 heavy (non-hydrogen) atoms. The van der Waals surface area contributed by atoms with Gasteiger partial charge in [0.05, 0.1) is 6.42 Å². The largest absolute Gasteiger partial charge is 0.399 e. The minimum atomic E-state index is 0.295. The highest BCUT2D eigenvalue weighted by Crippen LogP contribution is 2.13. The van der Waals surface area contributed by atoms with E-state index in [-0.39, 0.29) is 0 Å². The van der Waals surface area contributed by atoms with Gasteiger partial charge in [-0.1, -0.05) is 31.1 Å². The summed E-state index contributed by atoms with van der Waals surface area (Å²) >= 11 is 0. The van der Waals surface area contributed by atoms with Crippen LogP contribution < -0.4 is 5.73 Å². The van der Waals surface area contributed by atoms with Gasteiger partial charge in [0.25, 0.3) is 0 Å². The van der Waals surface area contributed by atoms with Crippen LogP contribution in [0.15, 0.2) is 28.8 Å². The van der Waals surface area contributed by atoms with Gasteiger partial charge in [0.1, 0.15) is 0 Å². The van der Waals surface area contributed by atoms with E-state index in [0.29, 0.717) is 18.2 Å². The third-order valence-electron chi connectivity index (χ3n) is 2.34. The van der Waals surface area contributed by atoms with Gasteiger partial charge in [-0.15, -0.1) is 0 Å². The third-order valence-corrected chi connectivity index (χ3v) is 2.34. The number of anilines is 1. The second kappa shape index (κ2) is 4.35. The van der Waals surface area contributed by atoms with Crippen LogP contribution in [0.3, 0.4) is 0 Å². The molecule has 1 aromatic heterocycles. The molecule has 2 N–H and O–H groups in total. The number of aromatic nitrogens is 2. The predicted molar refractivity (Wildman–Crippen MR) is 62.0 cm³/mol. The molecule has 0 fully saturated rings. The highest BCUT2D eigenvalue weighted by atomic mass is 16.5. The summed E-state index contributed by atoms with van der Waals surface area (Å²) in [6.07, 6.45) is 0.653. The van der Waals surface area contributed by atoms with E-state index in [4.69, 9.17) is 10.3 Å². The van der Waals surface area contributed by atoms with Crippen molar-refractivity contribution in [2.24, 2.45) is 0 Å². The fraction of sp³-hybridized carbons (Fsp3) is 0.333. The van der Waals surface area contributed by atoms with Crippen LogP contribution in [0.1, 0.15) is 37.0 Å². The highest BCUT2D eigenvalue weighted by molar-refractivity contribution is 5.39. The lowest BCUT2D eigenvalue weighted by Crippen LogP contribution is -1.92. The SMILES string of the molecule is CC(C)c1noc(Cc2ccc(N)cc2)n1. The fourth-order valence-corrected chi connectivity index (χ4v) is 1.38. The van der Waals surface area contributed by atoms with Crippen molar-refractivity contribution >= 4 is 5.69 Å². The molecule has 0 aliphatic rings. The van der Waals surface area contributed by atoms with Crippen LogP contribution in [0, 0.1) is 0 Å². The van der Waals surface area contributed by atoms with Gasteiger partial charge >= 0.3 is 0 Å². The van der Waals surface area contributed by atoms with Crippen molar-refractivity contribution in [2.75, 3.05) is 5.73 Å². The van der Waals surface area contributed by atoms with Crippen LogP contribution in [-0.2, 0) is 6.42 Å². The summed E-state index contributed by atoms with van der Waals surface area (Å²) in [6, 6.07) is 7.67. The van der Waals surface area contributed by atoms with Crippen molar-refractivity contribution in [3.8, 4) is 0 Å². The summed E-state index contributed by atoms with van der Waals surface area (Å²) in [5, 5.41) is 3.92. The first-order chi connectivity index (χ1) is 7.65. The molecule has 2 rings (SSSR count). The molecule has 0 saturated carbocycles. The fourth-order valence-electron chi connectivity index (χ4n) is 1.38. The Morgan fingerprint density at radius 1 is 1.25 bits per heavy atom. The lowest BCUT2D eigenvalue weighted by Gasteiger charge is -1.97.